The summed E-state index contributed by atoms with van der Waals surface area (Å²) in [5.41, 5.74) is 3.65. The number of para-hydroxylation sites is 1. The van der Waals surface area contributed by atoms with Gasteiger partial charge in [-0.05, 0) is 23.6 Å². The fourth-order valence-electron chi connectivity index (χ4n) is 4.57. The molecule has 176 valence electrons. The molecule has 1 saturated heterocycles. The van der Waals surface area contributed by atoms with Gasteiger partial charge in [-0.2, -0.15) is 4.98 Å². The maximum Gasteiger partial charge on any atom is 0.273 e. The van der Waals surface area contributed by atoms with Gasteiger partial charge in [0.2, 0.25) is 5.95 Å². The number of aromatic nitrogens is 2. The molecule has 34 heavy (non-hydrogen) atoms. The highest BCUT2D eigenvalue weighted by Crippen LogP contribution is 2.36. The van der Waals surface area contributed by atoms with Gasteiger partial charge in [0.25, 0.3) is 5.91 Å². The zero-order chi connectivity index (χ0) is 23.5. The molecule has 1 fully saturated rings. The number of nitrogens with zero attached hydrogens (tertiary/aromatic N) is 5. The van der Waals surface area contributed by atoms with Gasteiger partial charge in [-0.3, -0.25) is 4.79 Å². The molecular formula is C27H31N5O2. The highest BCUT2D eigenvalue weighted by molar-refractivity contribution is 5.98. The molecular weight excluding hydrogens is 426 g/mol. The third-order valence-electron chi connectivity index (χ3n) is 6.20. The maximum atomic E-state index is 13.4. The molecule has 1 amide bonds. The number of carbonyl (C=O) groups is 1. The second-order valence-electron chi connectivity index (χ2n) is 9.26. The van der Waals surface area contributed by atoms with E-state index < -0.39 is 0 Å². The van der Waals surface area contributed by atoms with Gasteiger partial charge in [-0.1, -0.05) is 62.4 Å². The quantitative estimate of drug-likeness (QED) is 0.528. The highest BCUT2D eigenvalue weighted by Gasteiger charge is 2.35. The average molecular weight is 458 g/mol. The third-order valence-corrected chi connectivity index (χ3v) is 6.20. The first-order chi connectivity index (χ1) is 16.6. The van der Waals surface area contributed by atoms with Crippen LogP contribution in [0, 0.1) is 5.92 Å². The lowest BCUT2D eigenvalue weighted by atomic mass is 10.1. The molecule has 7 nitrogen and oxygen atoms in total. The van der Waals surface area contributed by atoms with E-state index in [2.05, 4.69) is 60.0 Å². The monoisotopic (exact) mass is 457 g/mol. The number of fused-ring (bicyclic) bond motifs is 1. The van der Waals surface area contributed by atoms with Crippen LogP contribution >= 0.6 is 0 Å². The van der Waals surface area contributed by atoms with E-state index in [-0.39, 0.29) is 5.91 Å². The molecule has 0 radical (unpaired) electrons. The largest absolute Gasteiger partial charge is 0.378 e. The molecule has 0 saturated carbocycles. The van der Waals surface area contributed by atoms with Crippen LogP contribution in [0.25, 0.3) is 0 Å². The minimum absolute atomic E-state index is 0.00502. The zero-order valence-electron chi connectivity index (χ0n) is 19.9. The van der Waals surface area contributed by atoms with Gasteiger partial charge in [-0.25, -0.2) is 4.98 Å². The Labute approximate surface area is 201 Å². The Hall–Kier alpha value is -3.45. The molecule has 0 N–H and O–H groups in total. The number of benzene rings is 2. The molecule has 0 atom stereocenters. The van der Waals surface area contributed by atoms with Gasteiger partial charge < -0.3 is 19.4 Å². The van der Waals surface area contributed by atoms with Crippen LogP contribution < -0.4 is 9.80 Å². The molecule has 2 aliphatic rings. The van der Waals surface area contributed by atoms with Crippen molar-refractivity contribution in [3.8, 4) is 0 Å². The lowest BCUT2D eigenvalue weighted by molar-refractivity contribution is 0.0755. The Morgan fingerprint density at radius 1 is 0.971 bits per heavy atom. The van der Waals surface area contributed by atoms with Gasteiger partial charge in [-0.15, -0.1) is 0 Å². The second-order valence-corrected chi connectivity index (χ2v) is 9.26. The Morgan fingerprint density at radius 3 is 2.32 bits per heavy atom. The van der Waals surface area contributed by atoms with Crippen molar-refractivity contribution >= 4 is 23.4 Å². The molecule has 2 aromatic carbocycles. The molecule has 5 rings (SSSR count). The van der Waals surface area contributed by atoms with Crippen LogP contribution in [0.1, 0.15) is 35.5 Å². The summed E-state index contributed by atoms with van der Waals surface area (Å²) in [5, 5.41) is 0. The van der Waals surface area contributed by atoms with E-state index in [1.165, 1.54) is 5.56 Å². The van der Waals surface area contributed by atoms with Crippen LogP contribution in [-0.2, 0) is 17.8 Å². The first-order valence-corrected chi connectivity index (χ1v) is 12.0. The summed E-state index contributed by atoms with van der Waals surface area (Å²) < 4.78 is 5.54. The fourth-order valence-corrected chi connectivity index (χ4v) is 4.57. The normalized spacial score (nSPS) is 15.7. The molecule has 7 heteroatoms. The van der Waals surface area contributed by atoms with E-state index in [9.17, 15) is 4.79 Å². The summed E-state index contributed by atoms with van der Waals surface area (Å²) in [6.45, 7) is 8.84. The molecule has 0 aliphatic carbocycles. The molecule has 2 aliphatic heterocycles. The van der Waals surface area contributed by atoms with Crippen LogP contribution in [0.3, 0.4) is 0 Å². The molecule has 3 aromatic rings. The van der Waals surface area contributed by atoms with E-state index in [1.807, 2.05) is 29.2 Å². The van der Waals surface area contributed by atoms with E-state index in [0.29, 0.717) is 63.5 Å². The van der Waals surface area contributed by atoms with E-state index in [1.54, 1.807) is 0 Å². The third kappa shape index (κ3) is 4.61. The standard InChI is InChI=1S/C27H31N5O2/c1-20(2)17-31-19-23-24(26(31)33)28-27(30-13-15-34-16-14-30)29-25(23)32(22-11-7-4-8-12-22)18-21-9-5-3-6-10-21/h3-12,20H,13-19H2,1-2H3. The number of hydrogen-bond acceptors (Lipinski definition) is 6. The van der Waals surface area contributed by atoms with E-state index >= 15 is 0 Å². The smallest absolute Gasteiger partial charge is 0.273 e. The van der Waals surface area contributed by atoms with Crippen LogP contribution in [0.15, 0.2) is 60.7 Å². The fraction of sp³-hybridized carbons (Fsp3) is 0.370. The molecule has 3 heterocycles. The predicted molar refractivity (Wildman–Crippen MR) is 133 cm³/mol. The number of morpholine rings is 1. The Balaban J connectivity index is 1.63. The SMILES string of the molecule is CC(C)CN1Cc2c(nc(N3CCOCC3)nc2N(Cc2ccccc2)c2ccccc2)C1=O. The van der Waals surface area contributed by atoms with Crippen molar-refractivity contribution in [2.45, 2.75) is 26.9 Å². The zero-order valence-corrected chi connectivity index (χ0v) is 19.9. The number of amides is 1. The van der Waals surface area contributed by atoms with Gasteiger partial charge in [0.15, 0.2) is 0 Å². The average Bonchev–Trinajstić information content (AvgIpc) is 3.18. The van der Waals surface area contributed by atoms with Gasteiger partial charge in [0.05, 0.1) is 19.8 Å². The van der Waals surface area contributed by atoms with Crippen molar-refractivity contribution in [2.24, 2.45) is 5.92 Å². The summed E-state index contributed by atoms with van der Waals surface area (Å²) in [5.74, 6) is 1.78. The first kappa shape index (κ1) is 22.3. The van der Waals surface area contributed by atoms with Gasteiger partial charge in [0, 0.05) is 37.4 Å². The van der Waals surface area contributed by atoms with Crippen molar-refractivity contribution in [3.05, 3.63) is 77.5 Å². The van der Waals surface area contributed by atoms with Crippen molar-refractivity contribution in [1.29, 1.82) is 0 Å². The van der Waals surface area contributed by atoms with Crippen LogP contribution in [0.5, 0.6) is 0 Å². The Morgan fingerprint density at radius 2 is 1.65 bits per heavy atom. The summed E-state index contributed by atoms with van der Waals surface area (Å²) in [4.78, 5) is 29.5. The summed E-state index contributed by atoms with van der Waals surface area (Å²) >= 11 is 0. The van der Waals surface area contributed by atoms with Gasteiger partial charge >= 0.3 is 0 Å². The van der Waals surface area contributed by atoms with Crippen molar-refractivity contribution in [2.75, 3.05) is 42.6 Å². The Bertz CT molecular complexity index is 1130. The molecule has 0 bridgehead atoms. The summed E-state index contributed by atoms with van der Waals surface area (Å²) in [7, 11) is 0. The topological polar surface area (TPSA) is 61.8 Å². The number of hydrogen-bond donors (Lipinski definition) is 0. The number of carbonyl (C=O) groups excluding carboxylic acids is 1. The number of ether oxygens (including phenoxy) is 1. The molecule has 0 spiro atoms. The van der Waals surface area contributed by atoms with E-state index in [0.717, 1.165) is 17.1 Å². The van der Waals surface area contributed by atoms with Crippen molar-refractivity contribution in [3.63, 3.8) is 0 Å². The molecule has 0 unspecified atom stereocenters. The minimum Gasteiger partial charge on any atom is -0.378 e. The lowest BCUT2D eigenvalue weighted by Gasteiger charge is -2.30. The van der Waals surface area contributed by atoms with Crippen LogP contribution in [0.4, 0.5) is 17.5 Å². The molecule has 1 aromatic heterocycles. The van der Waals surface area contributed by atoms with Gasteiger partial charge in [0.1, 0.15) is 11.5 Å². The lowest BCUT2D eigenvalue weighted by Crippen LogP contribution is -2.38. The van der Waals surface area contributed by atoms with Crippen LogP contribution in [-0.4, -0.2) is 53.6 Å². The van der Waals surface area contributed by atoms with Crippen molar-refractivity contribution in [1.82, 2.24) is 14.9 Å². The van der Waals surface area contributed by atoms with Crippen LogP contribution in [0.2, 0.25) is 0 Å². The number of rotatable bonds is 7. The summed E-state index contributed by atoms with van der Waals surface area (Å²) in [6, 6.07) is 20.6. The number of anilines is 3. The maximum absolute atomic E-state index is 13.4. The van der Waals surface area contributed by atoms with Crippen molar-refractivity contribution < 1.29 is 9.53 Å². The minimum atomic E-state index is -0.00502. The first-order valence-electron chi connectivity index (χ1n) is 12.0. The Kier molecular flexibility index (Phi) is 6.45. The summed E-state index contributed by atoms with van der Waals surface area (Å²) in [6.07, 6.45) is 0. The highest BCUT2D eigenvalue weighted by atomic mass is 16.5. The second kappa shape index (κ2) is 9.81. The predicted octanol–water partition coefficient (Wildman–Crippen LogP) is 4.26. The van der Waals surface area contributed by atoms with E-state index in [4.69, 9.17) is 14.7 Å².